The zero-order valence-electron chi connectivity index (χ0n) is 31.9. The lowest BCUT2D eigenvalue weighted by molar-refractivity contribution is -0.299. The third kappa shape index (κ3) is 10.9. The number of carbonyl (C=O) groups excluding carboxylic acids is 1. The third-order valence-electron chi connectivity index (χ3n) is 10.8. The van der Waals surface area contributed by atoms with Gasteiger partial charge in [0.25, 0.3) is 0 Å². The molecule has 13 nitrogen and oxygen atoms in total. The summed E-state index contributed by atoms with van der Waals surface area (Å²) in [7, 11) is 3.76. The van der Waals surface area contributed by atoms with Gasteiger partial charge in [0.05, 0.1) is 29.8 Å². The van der Waals surface area contributed by atoms with Crippen LogP contribution < -0.4 is 5.32 Å². The Bertz CT molecular complexity index is 1160. The van der Waals surface area contributed by atoms with Crippen LogP contribution in [0.2, 0.25) is 0 Å². The number of nitrogens with zero attached hydrogens (tertiary/aromatic N) is 3. The summed E-state index contributed by atoms with van der Waals surface area (Å²) in [6.45, 7) is 16.3. The molecule has 0 saturated carbocycles. The summed E-state index contributed by atoms with van der Waals surface area (Å²) >= 11 is 1.59. The maximum Gasteiger partial charge on any atom is 0.311 e. The van der Waals surface area contributed by atoms with E-state index in [0.29, 0.717) is 32.6 Å². The summed E-state index contributed by atoms with van der Waals surface area (Å²) in [6, 6.07) is -0.793. The van der Waals surface area contributed by atoms with Crippen molar-refractivity contribution in [1.29, 1.82) is 0 Å². The highest BCUT2D eigenvalue weighted by Gasteiger charge is 2.50. The van der Waals surface area contributed by atoms with Crippen LogP contribution >= 0.6 is 11.3 Å². The predicted molar refractivity (Wildman–Crippen MR) is 192 cm³/mol. The van der Waals surface area contributed by atoms with E-state index in [-0.39, 0.29) is 30.9 Å². The standard InChI is InChI=1S/C36H66N4O9S/c1-11-27-36(8,46)31(43)25(6)40(15-12-13-37-19-28-38-14-16-50-28)20-21(2)18-35(7,45)32(23(4)29(41)24(5)33(44)48-27)49-34-30(42)26(39(9)10)17-22(3)47-34/h14,16,21-27,29-32,34,37,41-43,45-46H,11-13,15,17-20H2,1-10H3/t21-,22-,23+,24-,25-,26+,27-,29+,30-,31-,32-,34+,35-,36-/m1/s1. The van der Waals surface area contributed by atoms with Crippen LogP contribution in [0.1, 0.15) is 86.1 Å². The fraction of sp³-hybridized carbons (Fsp3) is 0.889. The molecule has 50 heavy (non-hydrogen) atoms. The number of aliphatic hydroxyl groups excluding tert-OH is 3. The third-order valence-corrected chi connectivity index (χ3v) is 11.6. The molecule has 1 aromatic rings. The molecule has 1 aromatic heterocycles. The summed E-state index contributed by atoms with van der Waals surface area (Å²) in [5.74, 6) is -2.75. The number of ether oxygens (including phenoxy) is 3. The van der Waals surface area contributed by atoms with Gasteiger partial charge in [0.1, 0.15) is 28.9 Å². The first-order valence-electron chi connectivity index (χ1n) is 18.3. The summed E-state index contributed by atoms with van der Waals surface area (Å²) in [6.07, 6.45) is -3.45. The van der Waals surface area contributed by atoms with E-state index in [1.807, 2.05) is 45.1 Å². The topological polar surface area (TPSA) is 177 Å². The highest BCUT2D eigenvalue weighted by Crippen LogP contribution is 2.36. The van der Waals surface area contributed by atoms with E-state index in [0.717, 1.165) is 11.4 Å². The molecular weight excluding hydrogens is 664 g/mol. The fourth-order valence-corrected chi connectivity index (χ4v) is 8.43. The van der Waals surface area contributed by atoms with Crippen LogP contribution in [-0.4, -0.2) is 146 Å². The molecule has 3 rings (SSSR count). The van der Waals surface area contributed by atoms with E-state index < -0.39 is 71.9 Å². The zero-order chi connectivity index (χ0) is 37.6. The van der Waals surface area contributed by atoms with E-state index in [1.54, 1.807) is 38.3 Å². The lowest BCUT2D eigenvalue weighted by atomic mass is 9.78. The SMILES string of the molecule is CC[C@H]1OC(=O)[C@H](C)[C@@H](O)[C@H](C)[C@@H](O[C@@H]2O[C@H](C)C[C@H](N(C)C)[C@H]2O)[C@](C)(O)C[C@@H](C)CN(CCCNCc2nccs2)[C@H](C)[C@@H](O)[C@]1(C)O. The number of cyclic esters (lactones) is 1. The molecule has 0 radical (unpaired) electrons. The number of nitrogens with one attached hydrogen (secondary N) is 1. The molecule has 2 aliphatic rings. The van der Waals surface area contributed by atoms with E-state index in [2.05, 4.69) is 15.2 Å². The minimum Gasteiger partial charge on any atom is -0.459 e. The van der Waals surface area contributed by atoms with Gasteiger partial charge in [-0.05, 0) is 93.4 Å². The summed E-state index contributed by atoms with van der Waals surface area (Å²) in [5, 5.41) is 65.0. The summed E-state index contributed by atoms with van der Waals surface area (Å²) < 4.78 is 18.4. The van der Waals surface area contributed by atoms with Gasteiger partial charge in [-0.3, -0.25) is 9.69 Å². The Balaban J connectivity index is 1.96. The lowest BCUT2D eigenvalue weighted by Crippen LogP contribution is -2.59. The molecular formula is C36H66N4O9S. The van der Waals surface area contributed by atoms with Crippen molar-refractivity contribution in [2.45, 2.75) is 154 Å². The number of esters is 1. The van der Waals surface area contributed by atoms with Crippen molar-refractivity contribution >= 4 is 17.3 Å². The first kappa shape index (κ1) is 43.1. The van der Waals surface area contributed by atoms with Crippen molar-refractivity contribution in [3.8, 4) is 0 Å². The Hall–Kier alpha value is -1.30. The fourth-order valence-electron chi connectivity index (χ4n) is 7.84. The Morgan fingerprint density at radius 1 is 1.12 bits per heavy atom. The largest absolute Gasteiger partial charge is 0.459 e. The Labute approximate surface area is 303 Å². The lowest BCUT2D eigenvalue weighted by Gasteiger charge is -2.46. The van der Waals surface area contributed by atoms with Crippen molar-refractivity contribution in [1.82, 2.24) is 20.1 Å². The molecule has 2 saturated heterocycles. The van der Waals surface area contributed by atoms with Crippen LogP contribution in [-0.2, 0) is 25.5 Å². The van der Waals surface area contributed by atoms with Gasteiger partial charge in [-0.15, -0.1) is 11.3 Å². The van der Waals surface area contributed by atoms with Gasteiger partial charge >= 0.3 is 5.97 Å². The van der Waals surface area contributed by atoms with Crippen LogP contribution in [0.4, 0.5) is 0 Å². The van der Waals surface area contributed by atoms with E-state index in [1.165, 1.54) is 13.8 Å². The molecule has 0 aliphatic carbocycles. The van der Waals surface area contributed by atoms with Gasteiger partial charge in [-0.1, -0.05) is 20.8 Å². The maximum atomic E-state index is 13.6. The normalized spacial score (nSPS) is 41.8. The van der Waals surface area contributed by atoms with Gasteiger partial charge in [0, 0.05) is 42.7 Å². The first-order chi connectivity index (χ1) is 23.3. The molecule has 14 atom stereocenters. The number of aromatic nitrogens is 1. The quantitative estimate of drug-likeness (QED) is 0.152. The molecule has 0 unspecified atom stereocenters. The number of rotatable bonds is 10. The molecule has 14 heteroatoms. The predicted octanol–water partition coefficient (Wildman–Crippen LogP) is 1.98. The van der Waals surface area contributed by atoms with Gasteiger partial charge in [-0.2, -0.15) is 0 Å². The molecule has 0 aromatic carbocycles. The monoisotopic (exact) mass is 730 g/mol. The highest BCUT2D eigenvalue weighted by atomic mass is 32.1. The minimum atomic E-state index is -1.80. The van der Waals surface area contributed by atoms with Gasteiger partial charge in [0.15, 0.2) is 6.29 Å². The number of aliphatic hydroxyl groups is 5. The Kier molecular flexibility index (Phi) is 16.1. The Morgan fingerprint density at radius 3 is 2.40 bits per heavy atom. The molecule has 0 spiro atoms. The summed E-state index contributed by atoms with van der Waals surface area (Å²) in [4.78, 5) is 21.9. The molecule has 290 valence electrons. The molecule has 3 heterocycles. The van der Waals surface area contributed by atoms with Crippen molar-refractivity contribution in [3.05, 3.63) is 16.6 Å². The van der Waals surface area contributed by atoms with E-state index in [4.69, 9.17) is 14.2 Å². The number of likely N-dealkylation sites (N-methyl/N-ethyl adjacent to an activating group) is 1. The Morgan fingerprint density at radius 2 is 1.80 bits per heavy atom. The molecule has 2 aliphatic heterocycles. The number of hydrogen-bond donors (Lipinski definition) is 6. The van der Waals surface area contributed by atoms with Crippen LogP contribution in [0.25, 0.3) is 0 Å². The highest BCUT2D eigenvalue weighted by molar-refractivity contribution is 7.09. The number of carbonyl (C=O) groups is 1. The zero-order valence-corrected chi connectivity index (χ0v) is 32.7. The van der Waals surface area contributed by atoms with Crippen molar-refractivity contribution in [2.24, 2.45) is 17.8 Å². The van der Waals surface area contributed by atoms with E-state index in [9.17, 15) is 30.3 Å². The van der Waals surface area contributed by atoms with Gasteiger partial charge in [-0.25, -0.2) is 4.98 Å². The average molecular weight is 731 g/mol. The van der Waals surface area contributed by atoms with Gasteiger partial charge < -0.3 is 50.0 Å². The van der Waals surface area contributed by atoms with Crippen LogP contribution in [0.15, 0.2) is 11.6 Å². The van der Waals surface area contributed by atoms with Crippen LogP contribution in [0.3, 0.4) is 0 Å². The number of thiazole rings is 1. The molecule has 6 N–H and O–H groups in total. The van der Waals surface area contributed by atoms with Crippen LogP contribution in [0.5, 0.6) is 0 Å². The average Bonchev–Trinajstić information content (AvgIpc) is 3.57. The second kappa shape index (κ2) is 18.6. The molecule has 0 bridgehead atoms. The van der Waals surface area contributed by atoms with Crippen molar-refractivity contribution in [2.75, 3.05) is 33.7 Å². The minimum absolute atomic E-state index is 0.142. The van der Waals surface area contributed by atoms with Crippen molar-refractivity contribution in [3.63, 3.8) is 0 Å². The smallest absolute Gasteiger partial charge is 0.311 e. The van der Waals surface area contributed by atoms with Gasteiger partial charge in [0.2, 0.25) is 0 Å². The summed E-state index contributed by atoms with van der Waals surface area (Å²) in [5.41, 5.74) is -3.34. The molecule has 2 fully saturated rings. The van der Waals surface area contributed by atoms with Crippen molar-refractivity contribution < 1.29 is 44.5 Å². The second-order valence-corrected chi connectivity index (χ2v) is 16.6. The molecule has 0 amide bonds. The van der Waals surface area contributed by atoms with E-state index >= 15 is 0 Å². The number of hydrogen-bond acceptors (Lipinski definition) is 14. The first-order valence-corrected chi connectivity index (χ1v) is 19.2. The van der Waals surface area contributed by atoms with Crippen LogP contribution in [0, 0.1) is 17.8 Å². The second-order valence-electron chi connectivity index (χ2n) is 15.6. The maximum absolute atomic E-state index is 13.6.